The van der Waals surface area contributed by atoms with Crippen molar-refractivity contribution in [1.82, 2.24) is 0 Å². The van der Waals surface area contributed by atoms with Crippen LogP contribution in [0, 0.1) is 0 Å². The molecule has 0 fully saturated rings. The van der Waals surface area contributed by atoms with Gasteiger partial charge in [-0.2, -0.15) is 0 Å². The molecule has 54 heavy (non-hydrogen) atoms. The Morgan fingerprint density at radius 2 is 0.926 bits per heavy atom. The second-order valence-corrected chi connectivity index (χ2v) is 13.3. The summed E-state index contributed by atoms with van der Waals surface area (Å²) in [4.78, 5) is 1.91. The van der Waals surface area contributed by atoms with Crippen molar-refractivity contribution in [2.45, 2.75) is 0 Å². The van der Waals surface area contributed by atoms with Crippen LogP contribution >= 0.6 is 0 Å². The molecule has 0 unspecified atom stereocenters. The molecular formula is C52H35NO. The standard InChI is InChI=1S/C52H35NO/c1-3-14-36(15-4-1)37-26-28-38(29-27-37)39-30-33-42(34-31-39)53(48-23-11-9-19-43(48)40-16-5-2-6-17-40)49-24-12-10-21-45(49)46-22-13-25-50-51(46)47-35-32-41-18-7-8-20-44(41)52(47)54-50/h1-35H/i30D,31D,33D,34D. The van der Waals surface area contributed by atoms with Crippen LogP contribution in [0.1, 0.15) is 5.48 Å². The fraction of sp³-hybridized carbons (Fsp3) is 0. The second kappa shape index (κ2) is 13.4. The van der Waals surface area contributed by atoms with Crippen molar-refractivity contribution >= 4 is 49.8 Å². The first-order valence-corrected chi connectivity index (χ1v) is 18.1. The van der Waals surface area contributed by atoms with E-state index in [1.54, 1.807) is 0 Å². The van der Waals surface area contributed by atoms with Gasteiger partial charge in [0, 0.05) is 33.0 Å². The molecule has 0 aliphatic carbocycles. The summed E-state index contributed by atoms with van der Waals surface area (Å²) in [6.45, 7) is 0. The number of hydrogen-bond donors (Lipinski definition) is 0. The van der Waals surface area contributed by atoms with E-state index in [4.69, 9.17) is 4.42 Å². The van der Waals surface area contributed by atoms with Crippen molar-refractivity contribution in [3.8, 4) is 44.5 Å². The Balaban J connectivity index is 1.22. The number of nitrogens with zero attached hydrogens (tertiary/aromatic N) is 1. The molecule has 2 nitrogen and oxygen atoms in total. The van der Waals surface area contributed by atoms with Crippen molar-refractivity contribution in [3.63, 3.8) is 0 Å². The molecule has 0 radical (unpaired) electrons. The molecule has 0 aliphatic rings. The third-order valence-electron chi connectivity index (χ3n) is 10.2. The predicted octanol–water partition coefficient (Wildman–Crippen LogP) is 14.9. The summed E-state index contributed by atoms with van der Waals surface area (Å²) in [5.41, 5.74) is 9.70. The topological polar surface area (TPSA) is 16.4 Å². The van der Waals surface area contributed by atoms with Crippen LogP contribution in [-0.4, -0.2) is 0 Å². The Kier molecular flexibility index (Phi) is 6.84. The predicted molar refractivity (Wildman–Crippen MR) is 228 cm³/mol. The van der Waals surface area contributed by atoms with Gasteiger partial charge in [-0.3, -0.25) is 0 Å². The van der Waals surface area contributed by atoms with Gasteiger partial charge in [-0.15, -0.1) is 0 Å². The van der Waals surface area contributed by atoms with Gasteiger partial charge in [-0.1, -0.05) is 176 Å². The minimum atomic E-state index is -0.140. The van der Waals surface area contributed by atoms with Crippen LogP contribution in [0.4, 0.5) is 17.1 Å². The highest BCUT2D eigenvalue weighted by Crippen LogP contribution is 2.47. The van der Waals surface area contributed by atoms with E-state index in [0.717, 1.165) is 71.8 Å². The highest BCUT2D eigenvalue weighted by molar-refractivity contribution is 6.19. The average molecular weight is 694 g/mol. The fourth-order valence-electron chi connectivity index (χ4n) is 7.60. The Labute approximate surface area is 320 Å². The summed E-state index contributed by atoms with van der Waals surface area (Å²) in [6.07, 6.45) is 0. The minimum Gasteiger partial charge on any atom is -0.455 e. The summed E-state index contributed by atoms with van der Waals surface area (Å²) >= 11 is 0. The molecule has 9 aromatic carbocycles. The van der Waals surface area contributed by atoms with Gasteiger partial charge in [-0.05, 0) is 75.1 Å². The summed E-state index contributed by atoms with van der Waals surface area (Å²) in [5.74, 6) is 0. The maximum Gasteiger partial charge on any atom is 0.143 e. The van der Waals surface area contributed by atoms with Crippen LogP contribution in [0.2, 0.25) is 0 Å². The highest BCUT2D eigenvalue weighted by atomic mass is 16.3. The monoisotopic (exact) mass is 693 g/mol. The molecule has 1 heterocycles. The van der Waals surface area contributed by atoms with Crippen molar-refractivity contribution in [1.29, 1.82) is 0 Å². The molecule has 0 saturated carbocycles. The maximum atomic E-state index is 9.72. The third-order valence-corrected chi connectivity index (χ3v) is 10.2. The molecule has 254 valence electrons. The first-order valence-electron chi connectivity index (χ1n) is 20.1. The molecule has 10 rings (SSSR count). The van der Waals surface area contributed by atoms with Gasteiger partial charge in [-0.25, -0.2) is 0 Å². The molecule has 10 aromatic rings. The quantitative estimate of drug-likeness (QED) is 0.165. The largest absolute Gasteiger partial charge is 0.455 e. The third kappa shape index (κ3) is 5.53. The van der Waals surface area contributed by atoms with Gasteiger partial charge < -0.3 is 9.32 Å². The van der Waals surface area contributed by atoms with E-state index in [2.05, 4.69) is 36.4 Å². The van der Waals surface area contributed by atoms with Gasteiger partial charge in [0.15, 0.2) is 0 Å². The van der Waals surface area contributed by atoms with Crippen LogP contribution in [0.3, 0.4) is 0 Å². The number of benzene rings is 9. The van der Waals surface area contributed by atoms with Crippen LogP contribution in [0.5, 0.6) is 0 Å². The molecule has 0 N–H and O–H groups in total. The summed E-state index contributed by atoms with van der Waals surface area (Å²) in [5, 5.41) is 4.08. The van der Waals surface area contributed by atoms with Crippen LogP contribution < -0.4 is 4.90 Å². The lowest BCUT2D eigenvalue weighted by Gasteiger charge is -2.30. The second-order valence-electron chi connectivity index (χ2n) is 13.3. The minimum absolute atomic E-state index is 0.113. The molecule has 0 atom stereocenters. The van der Waals surface area contributed by atoms with E-state index in [1.165, 1.54) is 0 Å². The first-order chi connectivity index (χ1) is 28.5. The van der Waals surface area contributed by atoms with Crippen molar-refractivity contribution in [3.05, 3.63) is 212 Å². The Morgan fingerprint density at radius 3 is 1.67 bits per heavy atom. The lowest BCUT2D eigenvalue weighted by atomic mass is 9.95. The molecule has 0 aliphatic heterocycles. The van der Waals surface area contributed by atoms with Crippen molar-refractivity contribution in [2.24, 2.45) is 0 Å². The van der Waals surface area contributed by atoms with Crippen LogP contribution in [-0.2, 0) is 0 Å². The molecule has 0 amide bonds. The molecule has 0 saturated heterocycles. The number of anilines is 3. The Bertz CT molecular complexity index is 3130. The molecule has 2 heteroatoms. The number of para-hydroxylation sites is 2. The summed E-state index contributed by atoms with van der Waals surface area (Å²) in [7, 11) is 0. The van der Waals surface area contributed by atoms with E-state index in [-0.39, 0.29) is 35.4 Å². The fourth-order valence-corrected chi connectivity index (χ4v) is 7.60. The van der Waals surface area contributed by atoms with E-state index in [0.29, 0.717) is 11.3 Å². The molecule has 0 spiro atoms. The Hall–Kier alpha value is -7.16. The molecular weight excluding hydrogens is 655 g/mol. The van der Waals surface area contributed by atoms with E-state index >= 15 is 0 Å². The van der Waals surface area contributed by atoms with Crippen LogP contribution in [0.15, 0.2) is 217 Å². The maximum absolute atomic E-state index is 9.72. The number of rotatable bonds is 7. The normalized spacial score (nSPS) is 12.4. The van der Waals surface area contributed by atoms with E-state index in [1.807, 2.05) is 157 Å². The van der Waals surface area contributed by atoms with Gasteiger partial charge >= 0.3 is 0 Å². The molecule has 1 aromatic heterocycles. The zero-order valence-corrected chi connectivity index (χ0v) is 29.3. The van der Waals surface area contributed by atoms with Crippen molar-refractivity contribution < 1.29 is 9.90 Å². The summed E-state index contributed by atoms with van der Waals surface area (Å²) < 4.78 is 45.0. The number of furan rings is 1. The average Bonchev–Trinajstić information content (AvgIpc) is 3.68. The SMILES string of the molecule is [2H]c1c([2H])c(N(c2ccccc2-c2ccccc2)c2ccccc2-c2cccc3oc4c5ccccc5ccc4c23)c([2H])c([2H])c1-c1ccc(-c2ccccc2)cc1. The van der Waals surface area contributed by atoms with Gasteiger partial charge in [0.1, 0.15) is 11.2 Å². The number of fused-ring (bicyclic) bond motifs is 5. The van der Waals surface area contributed by atoms with E-state index in [9.17, 15) is 5.48 Å². The lowest BCUT2D eigenvalue weighted by molar-refractivity contribution is 0.673. The van der Waals surface area contributed by atoms with Gasteiger partial charge in [0.05, 0.1) is 16.9 Å². The van der Waals surface area contributed by atoms with Gasteiger partial charge in [0.25, 0.3) is 0 Å². The van der Waals surface area contributed by atoms with Gasteiger partial charge in [0.2, 0.25) is 0 Å². The Morgan fingerprint density at radius 1 is 0.370 bits per heavy atom. The van der Waals surface area contributed by atoms with Crippen LogP contribution in [0.25, 0.3) is 77.2 Å². The molecule has 0 bridgehead atoms. The highest BCUT2D eigenvalue weighted by Gasteiger charge is 2.23. The smallest absolute Gasteiger partial charge is 0.143 e. The number of hydrogen-bond acceptors (Lipinski definition) is 2. The lowest BCUT2D eigenvalue weighted by Crippen LogP contribution is -2.12. The van der Waals surface area contributed by atoms with E-state index < -0.39 is 0 Å². The first kappa shape index (κ1) is 27.5. The zero-order chi connectivity index (χ0) is 39.3. The zero-order valence-electron chi connectivity index (χ0n) is 33.3. The van der Waals surface area contributed by atoms with Crippen molar-refractivity contribution in [2.75, 3.05) is 4.90 Å². The summed E-state index contributed by atoms with van der Waals surface area (Å²) in [6, 6.07) is 61.8.